The minimum absolute atomic E-state index is 0.0608. The lowest BCUT2D eigenvalue weighted by Gasteiger charge is -2.32. The van der Waals surface area contributed by atoms with E-state index in [9.17, 15) is 4.79 Å². The number of pyridine rings is 2. The van der Waals surface area contributed by atoms with E-state index in [0.29, 0.717) is 12.2 Å². The van der Waals surface area contributed by atoms with Crippen LogP contribution in [0.3, 0.4) is 0 Å². The van der Waals surface area contributed by atoms with Crippen LogP contribution in [0.5, 0.6) is 0 Å². The number of amides is 1. The van der Waals surface area contributed by atoms with E-state index < -0.39 is 0 Å². The van der Waals surface area contributed by atoms with Gasteiger partial charge in [-0.25, -0.2) is 9.97 Å². The summed E-state index contributed by atoms with van der Waals surface area (Å²) < 4.78 is 0. The topological polar surface area (TPSA) is 83.9 Å². The van der Waals surface area contributed by atoms with Crippen molar-refractivity contribution in [2.24, 2.45) is 0 Å². The molecular formula is C21H22N6O. The van der Waals surface area contributed by atoms with E-state index in [-0.39, 0.29) is 11.8 Å². The Bertz CT molecular complexity index is 962. The molecule has 142 valence electrons. The summed E-state index contributed by atoms with van der Waals surface area (Å²) in [5.41, 5.74) is 2.63. The number of anilines is 2. The van der Waals surface area contributed by atoms with Gasteiger partial charge in [0, 0.05) is 37.6 Å². The van der Waals surface area contributed by atoms with E-state index in [1.54, 1.807) is 30.7 Å². The van der Waals surface area contributed by atoms with E-state index in [1.165, 1.54) is 5.56 Å². The van der Waals surface area contributed by atoms with Crippen LogP contribution in [0.25, 0.3) is 0 Å². The maximum Gasteiger partial charge on any atom is 0.274 e. The smallest absolute Gasteiger partial charge is 0.274 e. The first-order valence-electron chi connectivity index (χ1n) is 9.42. The highest BCUT2D eigenvalue weighted by Crippen LogP contribution is 2.29. The van der Waals surface area contributed by atoms with Crippen LogP contribution in [0.1, 0.15) is 40.4 Å². The molecule has 4 rings (SSSR count). The lowest BCUT2D eigenvalue weighted by molar-refractivity contribution is 0.0700. The molecular weight excluding hydrogens is 352 g/mol. The molecule has 7 heteroatoms. The van der Waals surface area contributed by atoms with Crippen LogP contribution in [0.2, 0.25) is 0 Å². The van der Waals surface area contributed by atoms with Crippen LogP contribution in [-0.2, 0) is 0 Å². The zero-order valence-corrected chi connectivity index (χ0v) is 15.7. The fourth-order valence-electron chi connectivity index (χ4n) is 3.52. The molecule has 3 aromatic rings. The number of nitrogens with one attached hydrogen (secondary N) is 1. The molecule has 0 bridgehead atoms. The van der Waals surface area contributed by atoms with Crippen molar-refractivity contribution in [3.63, 3.8) is 0 Å². The third kappa shape index (κ3) is 3.98. The molecule has 1 aliphatic rings. The largest absolute Gasteiger partial charge is 0.337 e. The molecule has 7 nitrogen and oxygen atoms in total. The summed E-state index contributed by atoms with van der Waals surface area (Å²) in [4.78, 5) is 23.4. The van der Waals surface area contributed by atoms with Gasteiger partial charge in [-0.3, -0.25) is 4.79 Å². The van der Waals surface area contributed by atoms with Crippen LogP contribution in [-0.4, -0.2) is 44.1 Å². The Morgan fingerprint density at radius 1 is 1.14 bits per heavy atom. The van der Waals surface area contributed by atoms with Crippen LogP contribution < -0.4 is 5.32 Å². The number of rotatable bonds is 4. The fraction of sp³-hybridized carbons (Fsp3) is 0.286. The Morgan fingerprint density at radius 3 is 2.86 bits per heavy atom. The van der Waals surface area contributed by atoms with Gasteiger partial charge in [0.05, 0.1) is 0 Å². The lowest BCUT2D eigenvalue weighted by Crippen LogP contribution is -2.39. The summed E-state index contributed by atoms with van der Waals surface area (Å²) >= 11 is 0. The average molecular weight is 374 g/mol. The molecule has 1 N–H and O–H groups in total. The van der Waals surface area contributed by atoms with Gasteiger partial charge in [0.15, 0.2) is 5.69 Å². The highest BCUT2D eigenvalue weighted by atomic mass is 16.2. The minimum atomic E-state index is -0.0608. The van der Waals surface area contributed by atoms with Crippen molar-refractivity contribution >= 4 is 17.5 Å². The third-order valence-corrected chi connectivity index (χ3v) is 5.01. The van der Waals surface area contributed by atoms with Gasteiger partial charge < -0.3 is 10.2 Å². The van der Waals surface area contributed by atoms with E-state index in [0.717, 1.165) is 36.6 Å². The zero-order valence-electron chi connectivity index (χ0n) is 15.7. The van der Waals surface area contributed by atoms with Gasteiger partial charge >= 0.3 is 0 Å². The summed E-state index contributed by atoms with van der Waals surface area (Å²) in [5.74, 6) is 1.77. The average Bonchev–Trinajstić information content (AvgIpc) is 2.76. The van der Waals surface area contributed by atoms with Crippen molar-refractivity contribution in [3.8, 4) is 0 Å². The molecule has 0 saturated carbocycles. The number of likely N-dealkylation sites (tertiary alicyclic amines) is 1. The Hall–Kier alpha value is -3.35. The van der Waals surface area contributed by atoms with Crippen molar-refractivity contribution in [2.75, 3.05) is 18.4 Å². The molecule has 1 fully saturated rings. The third-order valence-electron chi connectivity index (χ3n) is 5.01. The number of carbonyl (C=O) groups excluding carboxylic acids is 1. The predicted molar refractivity (Wildman–Crippen MR) is 106 cm³/mol. The van der Waals surface area contributed by atoms with Crippen LogP contribution in [0.4, 0.5) is 11.6 Å². The van der Waals surface area contributed by atoms with Crippen molar-refractivity contribution < 1.29 is 4.79 Å². The van der Waals surface area contributed by atoms with Crippen molar-refractivity contribution in [1.82, 2.24) is 25.1 Å². The van der Waals surface area contributed by atoms with E-state index >= 15 is 0 Å². The second kappa shape index (κ2) is 8.12. The van der Waals surface area contributed by atoms with Crippen LogP contribution in [0.15, 0.2) is 55.0 Å². The number of hydrogen-bond acceptors (Lipinski definition) is 6. The zero-order chi connectivity index (χ0) is 19.3. The monoisotopic (exact) mass is 374 g/mol. The summed E-state index contributed by atoms with van der Waals surface area (Å²) in [5, 5.41) is 11.1. The number of aromatic nitrogens is 4. The molecule has 0 aliphatic carbocycles. The van der Waals surface area contributed by atoms with Crippen molar-refractivity contribution in [1.29, 1.82) is 0 Å². The molecule has 28 heavy (non-hydrogen) atoms. The molecule has 0 spiro atoms. The van der Waals surface area contributed by atoms with E-state index in [1.807, 2.05) is 30.0 Å². The van der Waals surface area contributed by atoms with Gasteiger partial charge in [-0.05, 0) is 61.2 Å². The number of nitrogens with zero attached hydrogens (tertiary/aromatic N) is 5. The summed E-state index contributed by atoms with van der Waals surface area (Å²) in [7, 11) is 0. The summed E-state index contributed by atoms with van der Waals surface area (Å²) in [6.45, 7) is 3.42. The molecule has 1 aliphatic heterocycles. The second-order valence-corrected chi connectivity index (χ2v) is 6.97. The lowest BCUT2D eigenvalue weighted by atomic mass is 9.91. The number of carbonyl (C=O) groups is 1. The Labute approximate surface area is 163 Å². The molecule has 0 unspecified atom stereocenters. The standard InChI is InChI=1S/C21H22N6O/c1-15-5-2-9-23-20(15)25-19-13-16(8-11-22-19)17-6-4-12-27(14-17)21(28)18-7-3-10-24-26-18/h2-3,5,7-11,13,17H,4,6,12,14H2,1H3,(H,22,23,25)/t17-/m0/s1. The molecule has 3 aromatic heterocycles. The molecule has 1 atom stereocenters. The van der Waals surface area contributed by atoms with Gasteiger partial charge in [0.25, 0.3) is 5.91 Å². The SMILES string of the molecule is Cc1cccnc1Nc1cc([C@H]2CCCN(C(=O)c3cccnn3)C2)ccn1. The van der Waals surface area contributed by atoms with Gasteiger partial charge in [-0.1, -0.05) is 6.07 Å². The van der Waals surface area contributed by atoms with Gasteiger partial charge in [0.1, 0.15) is 11.6 Å². The first-order chi connectivity index (χ1) is 13.7. The quantitative estimate of drug-likeness (QED) is 0.754. The second-order valence-electron chi connectivity index (χ2n) is 6.97. The predicted octanol–water partition coefficient (Wildman–Crippen LogP) is 3.34. The summed E-state index contributed by atoms with van der Waals surface area (Å²) in [6.07, 6.45) is 7.14. The maximum absolute atomic E-state index is 12.7. The number of aryl methyl sites for hydroxylation is 1. The molecule has 1 saturated heterocycles. The molecule has 0 radical (unpaired) electrons. The minimum Gasteiger partial charge on any atom is -0.337 e. The fourth-order valence-corrected chi connectivity index (χ4v) is 3.52. The first-order valence-corrected chi connectivity index (χ1v) is 9.42. The van der Waals surface area contributed by atoms with Gasteiger partial charge in [0.2, 0.25) is 0 Å². The van der Waals surface area contributed by atoms with Crippen LogP contribution >= 0.6 is 0 Å². The molecule has 4 heterocycles. The highest BCUT2D eigenvalue weighted by Gasteiger charge is 2.26. The normalized spacial score (nSPS) is 16.6. The number of hydrogen-bond donors (Lipinski definition) is 1. The summed E-state index contributed by atoms with van der Waals surface area (Å²) in [6, 6.07) is 11.4. The van der Waals surface area contributed by atoms with Crippen molar-refractivity contribution in [2.45, 2.75) is 25.7 Å². The highest BCUT2D eigenvalue weighted by molar-refractivity contribution is 5.92. The Morgan fingerprint density at radius 2 is 2.04 bits per heavy atom. The molecule has 1 amide bonds. The van der Waals surface area contributed by atoms with Crippen LogP contribution in [0, 0.1) is 6.92 Å². The number of piperidine rings is 1. The molecule has 0 aromatic carbocycles. The van der Waals surface area contributed by atoms with Gasteiger partial charge in [-0.2, -0.15) is 5.10 Å². The Balaban J connectivity index is 1.49. The first kappa shape index (κ1) is 18.0. The Kier molecular flexibility index (Phi) is 5.23. The van der Waals surface area contributed by atoms with Crippen molar-refractivity contribution in [3.05, 3.63) is 71.8 Å². The maximum atomic E-state index is 12.7. The van der Waals surface area contributed by atoms with E-state index in [2.05, 4.69) is 31.5 Å². The van der Waals surface area contributed by atoms with Gasteiger partial charge in [-0.15, -0.1) is 5.10 Å². The van der Waals surface area contributed by atoms with E-state index in [4.69, 9.17) is 0 Å².